The smallest absolute Gasteiger partial charge is 0.232 e. The Kier molecular flexibility index (Phi) is 6.95. The monoisotopic (exact) mass is 495 g/mol. The molecule has 0 amide bonds. The lowest BCUT2D eigenvalue weighted by Gasteiger charge is -2.16. The van der Waals surface area contributed by atoms with Gasteiger partial charge < -0.3 is 9.29 Å². The maximum atomic E-state index is 12.9. The molecule has 0 fully saturated rings. The first-order chi connectivity index (χ1) is 16.0. The lowest BCUT2D eigenvalue weighted by Crippen LogP contribution is -2.25. The first-order valence-electron chi connectivity index (χ1n) is 11.2. The van der Waals surface area contributed by atoms with Gasteiger partial charge in [0, 0.05) is 12.0 Å². The summed E-state index contributed by atoms with van der Waals surface area (Å²) in [6.45, 7) is 2.62. The van der Waals surface area contributed by atoms with Gasteiger partial charge in [-0.25, -0.2) is 0 Å². The molecule has 0 aliphatic heterocycles. The first kappa shape index (κ1) is 22.8. The van der Waals surface area contributed by atoms with Crippen LogP contribution in [0.2, 0.25) is 5.02 Å². The summed E-state index contributed by atoms with van der Waals surface area (Å²) < 4.78 is 22.8. The number of fused-ring (bicyclic) bond motifs is 2. The van der Waals surface area contributed by atoms with Gasteiger partial charge in [0.05, 0.1) is 22.9 Å². The fourth-order valence-electron chi connectivity index (χ4n) is 4.36. The number of rotatable bonds is 6. The standard InChI is InChI=1S/C27H26ClNO2S2/c1-18-9-10-21-8-4-5-19(14-23(21)13-18)17-29-33(30)26-16-25(28)27(32-26)31-24-12-11-20-6-2-3-7-22(20)15-24/h4-5,8-16,23,29H,2-3,6-7,17H2,1H3. The first-order valence-corrected chi connectivity index (χ1v) is 13.6. The van der Waals surface area contributed by atoms with Crippen LogP contribution in [-0.4, -0.2) is 11.1 Å². The third kappa shape index (κ3) is 5.39. The van der Waals surface area contributed by atoms with Crippen LogP contribution in [0.4, 0.5) is 0 Å². The zero-order chi connectivity index (χ0) is 22.8. The summed E-state index contributed by atoms with van der Waals surface area (Å²) in [5.74, 6) is 1.04. The van der Waals surface area contributed by atoms with E-state index in [9.17, 15) is 4.55 Å². The summed E-state index contributed by atoms with van der Waals surface area (Å²) in [6.07, 6.45) is 19.7. The summed E-state index contributed by atoms with van der Waals surface area (Å²) in [7, 11) is 0. The minimum atomic E-state index is -1.37. The Morgan fingerprint density at radius 2 is 1.97 bits per heavy atom. The van der Waals surface area contributed by atoms with Crippen LogP contribution < -0.4 is 9.46 Å². The number of aryl methyl sites for hydroxylation is 2. The number of halogens is 1. The normalized spacial score (nSPS) is 20.2. The summed E-state index contributed by atoms with van der Waals surface area (Å²) >= 11 is 6.38. The van der Waals surface area contributed by atoms with Gasteiger partial charge in [0.1, 0.15) is 5.75 Å². The van der Waals surface area contributed by atoms with Crippen molar-refractivity contribution in [2.24, 2.45) is 5.92 Å². The van der Waals surface area contributed by atoms with Crippen LogP contribution in [0.25, 0.3) is 0 Å². The molecule has 33 heavy (non-hydrogen) atoms. The minimum Gasteiger partial charge on any atom is -0.592 e. The van der Waals surface area contributed by atoms with E-state index in [1.165, 1.54) is 46.5 Å². The molecule has 2 unspecified atom stereocenters. The number of hydrogen-bond acceptors (Lipinski definition) is 4. The molecule has 1 heterocycles. The summed E-state index contributed by atoms with van der Waals surface area (Å²) in [5, 5.41) is 1.06. The van der Waals surface area contributed by atoms with Crippen molar-refractivity contribution in [1.29, 1.82) is 0 Å². The van der Waals surface area contributed by atoms with Crippen LogP contribution in [0.15, 0.2) is 87.7 Å². The molecule has 3 aliphatic rings. The van der Waals surface area contributed by atoms with Crippen molar-refractivity contribution in [2.45, 2.75) is 36.8 Å². The van der Waals surface area contributed by atoms with E-state index in [0.29, 0.717) is 20.8 Å². The number of ether oxygens (including phenoxy) is 1. The molecule has 0 spiro atoms. The van der Waals surface area contributed by atoms with E-state index in [2.05, 4.69) is 66.3 Å². The molecular formula is C27H26ClNO2S2. The van der Waals surface area contributed by atoms with E-state index in [0.717, 1.165) is 24.2 Å². The van der Waals surface area contributed by atoms with E-state index >= 15 is 0 Å². The van der Waals surface area contributed by atoms with Gasteiger partial charge in [-0.2, -0.15) is 0 Å². The van der Waals surface area contributed by atoms with E-state index in [-0.39, 0.29) is 5.92 Å². The highest BCUT2D eigenvalue weighted by atomic mass is 35.5. The van der Waals surface area contributed by atoms with Gasteiger partial charge in [-0.1, -0.05) is 65.8 Å². The molecule has 3 aliphatic carbocycles. The molecule has 1 N–H and O–H groups in total. The van der Waals surface area contributed by atoms with Crippen LogP contribution in [0, 0.1) is 5.92 Å². The predicted octanol–water partition coefficient (Wildman–Crippen LogP) is 7.24. The van der Waals surface area contributed by atoms with Crippen molar-refractivity contribution >= 4 is 34.3 Å². The third-order valence-corrected chi connectivity index (χ3v) is 8.91. The second kappa shape index (κ2) is 10.1. The summed E-state index contributed by atoms with van der Waals surface area (Å²) in [4.78, 5) is 0. The minimum absolute atomic E-state index is 0.253. The molecule has 1 aromatic carbocycles. The lowest BCUT2D eigenvalue weighted by atomic mass is 9.90. The largest absolute Gasteiger partial charge is 0.592 e. The topological polar surface area (TPSA) is 44.3 Å². The zero-order valence-corrected chi connectivity index (χ0v) is 20.9. The maximum absolute atomic E-state index is 12.9. The molecule has 0 bridgehead atoms. The van der Waals surface area contributed by atoms with Crippen molar-refractivity contribution in [3.8, 4) is 10.8 Å². The van der Waals surface area contributed by atoms with Crippen molar-refractivity contribution < 1.29 is 9.29 Å². The Morgan fingerprint density at radius 1 is 1.12 bits per heavy atom. The SMILES string of the molecule is CC1=CC2C=C(CN[S+]([O-])c3cc(Cl)c(Oc4ccc5c(c4)CCCC5)s3)C=CC=C2C=C1. The van der Waals surface area contributed by atoms with Gasteiger partial charge in [-0.05, 0) is 78.3 Å². The number of nitrogens with one attached hydrogen (secondary N) is 1. The van der Waals surface area contributed by atoms with Gasteiger partial charge in [0.15, 0.2) is 0 Å². The molecule has 5 rings (SSSR count). The molecular weight excluding hydrogens is 470 g/mol. The molecule has 0 radical (unpaired) electrons. The molecule has 2 atom stereocenters. The average molecular weight is 496 g/mol. The highest BCUT2D eigenvalue weighted by molar-refractivity contribution is 7.91. The van der Waals surface area contributed by atoms with Crippen LogP contribution >= 0.6 is 22.9 Å². The average Bonchev–Trinajstić information content (AvgIpc) is 3.05. The number of allylic oxidation sites excluding steroid dienone is 8. The second-order valence-electron chi connectivity index (χ2n) is 8.57. The van der Waals surface area contributed by atoms with Crippen LogP contribution in [-0.2, 0) is 24.2 Å². The van der Waals surface area contributed by atoms with Gasteiger partial charge in [0.25, 0.3) is 0 Å². The Hall–Kier alpha value is -2.02. The number of benzene rings is 1. The third-order valence-electron chi connectivity index (χ3n) is 6.11. The van der Waals surface area contributed by atoms with Gasteiger partial charge in [-0.3, -0.25) is 0 Å². The van der Waals surface area contributed by atoms with E-state index < -0.39 is 11.4 Å². The van der Waals surface area contributed by atoms with Gasteiger partial charge in [0.2, 0.25) is 9.27 Å². The molecule has 3 nitrogen and oxygen atoms in total. The van der Waals surface area contributed by atoms with Crippen molar-refractivity contribution in [3.63, 3.8) is 0 Å². The van der Waals surface area contributed by atoms with Gasteiger partial charge in [-0.15, -0.1) is 4.72 Å². The van der Waals surface area contributed by atoms with Crippen molar-refractivity contribution in [3.05, 3.63) is 99.7 Å². The van der Waals surface area contributed by atoms with Gasteiger partial charge >= 0.3 is 0 Å². The summed E-state index contributed by atoms with van der Waals surface area (Å²) in [6, 6.07) is 8.00. The molecule has 1 aromatic heterocycles. The van der Waals surface area contributed by atoms with Crippen molar-refractivity contribution in [2.75, 3.05) is 6.54 Å². The maximum Gasteiger partial charge on any atom is 0.232 e. The Morgan fingerprint density at radius 3 is 2.85 bits per heavy atom. The highest BCUT2D eigenvalue weighted by Gasteiger charge is 2.21. The van der Waals surface area contributed by atoms with Crippen LogP contribution in [0.3, 0.4) is 0 Å². The van der Waals surface area contributed by atoms with E-state index in [1.807, 2.05) is 6.07 Å². The second-order valence-corrected chi connectivity index (χ2v) is 11.5. The molecule has 2 aromatic rings. The van der Waals surface area contributed by atoms with Crippen LogP contribution in [0.1, 0.15) is 30.9 Å². The summed E-state index contributed by atoms with van der Waals surface area (Å²) in [5.41, 5.74) is 6.40. The van der Waals surface area contributed by atoms with E-state index in [4.69, 9.17) is 16.3 Å². The molecule has 170 valence electrons. The fourth-order valence-corrected chi connectivity index (χ4v) is 6.78. The van der Waals surface area contributed by atoms with Crippen LogP contribution in [0.5, 0.6) is 10.8 Å². The fraction of sp³-hybridized carbons (Fsp3) is 0.259. The Labute approximate surface area is 207 Å². The zero-order valence-electron chi connectivity index (χ0n) is 18.5. The molecule has 0 saturated heterocycles. The predicted molar refractivity (Wildman–Crippen MR) is 139 cm³/mol. The Bertz CT molecular complexity index is 1200. The lowest BCUT2D eigenvalue weighted by molar-refractivity contribution is 0.494. The quantitative estimate of drug-likeness (QED) is 0.429. The Balaban J connectivity index is 1.23. The number of hydrogen-bond donors (Lipinski definition) is 1. The van der Waals surface area contributed by atoms with E-state index in [1.54, 1.807) is 6.07 Å². The highest BCUT2D eigenvalue weighted by Crippen LogP contribution is 2.40. The number of thiophene rings is 1. The molecule has 6 heteroatoms. The van der Waals surface area contributed by atoms with Crippen molar-refractivity contribution in [1.82, 2.24) is 4.72 Å². The molecule has 0 saturated carbocycles.